The molecule has 2 saturated heterocycles. The smallest absolute Gasteiger partial charge is 0.110 e. The topological polar surface area (TPSA) is 38.5 Å². The van der Waals surface area contributed by atoms with E-state index in [0.717, 1.165) is 24.1 Å². The number of para-hydroxylation sites is 1. The molecule has 2 aromatic rings. The number of fused-ring (bicyclic) bond motifs is 2. The third-order valence-electron chi connectivity index (χ3n) is 5.76. The highest BCUT2D eigenvalue weighted by molar-refractivity contribution is 5.50. The average molecular weight is 322 g/mol. The number of ether oxygens (including phenoxy) is 1. The predicted molar refractivity (Wildman–Crippen MR) is 97.8 cm³/mol. The highest BCUT2D eigenvalue weighted by atomic mass is 16.5. The first-order chi connectivity index (χ1) is 11.7. The third kappa shape index (κ3) is 2.94. The lowest BCUT2D eigenvalue weighted by atomic mass is 9.97. The van der Waals surface area contributed by atoms with Crippen LogP contribution in [0.3, 0.4) is 0 Å². The summed E-state index contributed by atoms with van der Waals surface area (Å²) in [5.74, 6) is 0. The van der Waals surface area contributed by atoms with E-state index in [1.807, 2.05) is 24.3 Å². The number of benzene rings is 2. The minimum atomic E-state index is -0.0831. The Morgan fingerprint density at radius 3 is 2.25 bits per heavy atom. The summed E-state index contributed by atoms with van der Waals surface area (Å²) in [6.45, 7) is 0. The van der Waals surface area contributed by atoms with Crippen molar-refractivity contribution >= 4 is 5.69 Å². The van der Waals surface area contributed by atoms with Crippen LogP contribution < -0.4 is 5.73 Å². The van der Waals surface area contributed by atoms with Gasteiger partial charge in [0.15, 0.2) is 0 Å². The zero-order valence-corrected chi connectivity index (χ0v) is 14.3. The highest BCUT2D eigenvalue weighted by Crippen LogP contribution is 2.39. The van der Waals surface area contributed by atoms with Crippen LogP contribution >= 0.6 is 0 Å². The molecule has 2 unspecified atom stereocenters. The fourth-order valence-electron chi connectivity index (χ4n) is 4.37. The van der Waals surface area contributed by atoms with Gasteiger partial charge >= 0.3 is 0 Å². The molecule has 4 rings (SSSR count). The molecule has 2 fully saturated rings. The Morgan fingerprint density at radius 1 is 0.958 bits per heavy atom. The van der Waals surface area contributed by atoms with E-state index < -0.39 is 0 Å². The standard InChI is InChI=1S/C21H26N2O/c1-23-16-11-12-17(23)14-18(13-16)24-21(15-7-3-2-4-8-15)19-9-5-6-10-20(19)22/h2-10,16-18,21H,11-14,22H2,1H3/t16-,17+,18?,21?. The molecule has 0 amide bonds. The maximum atomic E-state index is 6.67. The lowest BCUT2D eigenvalue weighted by Crippen LogP contribution is -2.43. The van der Waals surface area contributed by atoms with Crippen molar-refractivity contribution in [1.82, 2.24) is 4.90 Å². The van der Waals surface area contributed by atoms with Gasteiger partial charge in [0, 0.05) is 23.3 Å². The number of rotatable bonds is 4. The van der Waals surface area contributed by atoms with Gasteiger partial charge in [0.05, 0.1) is 6.10 Å². The molecule has 0 spiro atoms. The predicted octanol–water partition coefficient (Wildman–Crippen LogP) is 4.00. The largest absolute Gasteiger partial charge is 0.398 e. The SMILES string of the molecule is CN1[C@@H]2CC[C@H]1CC(OC(c1ccccc1)c1ccccc1N)C2. The second kappa shape index (κ2) is 6.58. The summed E-state index contributed by atoms with van der Waals surface area (Å²) < 4.78 is 6.67. The number of nitrogen functional groups attached to an aromatic ring is 1. The van der Waals surface area contributed by atoms with Gasteiger partial charge in [0.1, 0.15) is 6.10 Å². The Balaban J connectivity index is 1.61. The molecule has 3 heteroatoms. The van der Waals surface area contributed by atoms with E-state index in [9.17, 15) is 0 Å². The molecule has 2 aliphatic rings. The van der Waals surface area contributed by atoms with Gasteiger partial charge in [-0.2, -0.15) is 0 Å². The summed E-state index contributed by atoms with van der Waals surface area (Å²) in [6, 6.07) is 19.9. The molecule has 126 valence electrons. The van der Waals surface area contributed by atoms with E-state index in [1.165, 1.54) is 18.4 Å². The van der Waals surface area contributed by atoms with Gasteiger partial charge in [0.25, 0.3) is 0 Å². The third-order valence-corrected chi connectivity index (χ3v) is 5.76. The van der Waals surface area contributed by atoms with Crippen molar-refractivity contribution in [2.45, 2.75) is 50.0 Å². The van der Waals surface area contributed by atoms with Crippen molar-refractivity contribution in [3.05, 3.63) is 65.7 Å². The second-order valence-corrected chi connectivity index (χ2v) is 7.20. The average Bonchev–Trinajstić information content (AvgIpc) is 2.83. The minimum absolute atomic E-state index is 0.0831. The summed E-state index contributed by atoms with van der Waals surface area (Å²) in [5, 5.41) is 0. The first-order valence-electron chi connectivity index (χ1n) is 8.99. The molecule has 24 heavy (non-hydrogen) atoms. The number of nitrogens with zero attached hydrogens (tertiary/aromatic N) is 1. The monoisotopic (exact) mass is 322 g/mol. The lowest BCUT2D eigenvalue weighted by Gasteiger charge is -2.38. The second-order valence-electron chi connectivity index (χ2n) is 7.20. The van der Waals surface area contributed by atoms with E-state index in [1.54, 1.807) is 0 Å². The van der Waals surface area contributed by atoms with Crippen LogP contribution in [0.1, 0.15) is 42.9 Å². The quantitative estimate of drug-likeness (QED) is 0.865. The molecule has 2 aromatic carbocycles. The highest BCUT2D eigenvalue weighted by Gasteiger charge is 2.39. The van der Waals surface area contributed by atoms with Crippen LogP contribution in [0.5, 0.6) is 0 Å². The van der Waals surface area contributed by atoms with E-state index in [-0.39, 0.29) is 6.10 Å². The molecular weight excluding hydrogens is 296 g/mol. The molecular formula is C21H26N2O. The van der Waals surface area contributed by atoms with E-state index in [0.29, 0.717) is 18.2 Å². The van der Waals surface area contributed by atoms with Crippen LogP contribution in [-0.2, 0) is 4.74 Å². The first kappa shape index (κ1) is 15.7. The van der Waals surface area contributed by atoms with Crippen molar-refractivity contribution in [3.63, 3.8) is 0 Å². The number of hydrogen-bond donors (Lipinski definition) is 1. The van der Waals surface area contributed by atoms with E-state index >= 15 is 0 Å². The van der Waals surface area contributed by atoms with Gasteiger partial charge in [-0.3, -0.25) is 0 Å². The molecule has 3 nitrogen and oxygen atoms in total. The maximum absolute atomic E-state index is 6.67. The molecule has 0 aliphatic carbocycles. The number of anilines is 1. The molecule has 4 atom stereocenters. The van der Waals surface area contributed by atoms with Crippen molar-refractivity contribution in [2.75, 3.05) is 12.8 Å². The lowest BCUT2D eigenvalue weighted by molar-refractivity contribution is -0.0424. The van der Waals surface area contributed by atoms with Crippen LogP contribution in [0.15, 0.2) is 54.6 Å². The number of piperidine rings is 1. The number of nitrogens with two attached hydrogens (primary N) is 1. The van der Waals surface area contributed by atoms with Gasteiger partial charge < -0.3 is 15.4 Å². The fraction of sp³-hybridized carbons (Fsp3) is 0.429. The van der Waals surface area contributed by atoms with Gasteiger partial charge in [-0.05, 0) is 44.4 Å². The summed E-state index contributed by atoms with van der Waals surface area (Å²) in [5.41, 5.74) is 9.33. The van der Waals surface area contributed by atoms with Crippen molar-refractivity contribution in [1.29, 1.82) is 0 Å². The fourth-order valence-corrected chi connectivity index (χ4v) is 4.37. The molecule has 0 saturated carbocycles. The van der Waals surface area contributed by atoms with E-state index in [2.05, 4.69) is 42.3 Å². The Morgan fingerprint density at radius 2 is 1.58 bits per heavy atom. The molecule has 2 N–H and O–H groups in total. The van der Waals surface area contributed by atoms with Gasteiger partial charge in [-0.1, -0.05) is 48.5 Å². The van der Waals surface area contributed by atoms with Crippen LogP contribution in [-0.4, -0.2) is 30.1 Å². The Kier molecular flexibility index (Phi) is 4.30. The van der Waals surface area contributed by atoms with Crippen LogP contribution in [0.25, 0.3) is 0 Å². The van der Waals surface area contributed by atoms with Gasteiger partial charge in [0.2, 0.25) is 0 Å². The summed E-state index contributed by atoms with van der Waals surface area (Å²) in [7, 11) is 2.27. The molecule has 0 radical (unpaired) electrons. The Bertz CT molecular complexity index is 673. The first-order valence-corrected chi connectivity index (χ1v) is 8.99. The zero-order valence-electron chi connectivity index (χ0n) is 14.3. The molecule has 0 aromatic heterocycles. The minimum Gasteiger partial charge on any atom is -0.398 e. The van der Waals surface area contributed by atoms with E-state index in [4.69, 9.17) is 10.5 Å². The molecule has 2 heterocycles. The Labute approximate surface area is 144 Å². The molecule has 2 aliphatic heterocycles. The van der Waals surface area contributed by atoms with Crippen molar-refractivity contribution in [2.24, 2.45) is 0 Å². The summed E-state index contributed by atoms with van der Waals surface area (Å²) in [4.78, 5) is 2.55. The zero-order chi connectivity index (χ0) is 16.5. The summed E-state index contributed by atoms with van der Waals surface area (Å²) in [6.07, 6.45) is 5.10. The van der Waals surface area contributed by atoms with Crippen LogP contribution in [0.4, 0.5) is 5.69 Å². The van der Waals surface area contributed by atoms with Crippen LogP contribution in [0.2, 0.25) is 0 Å². The van der Waals surface area contributed by atoms with Crippen LogP contribution in [0, 0.1) is 0 Å². The van der Waals surface area contributed by atoms with Gasteiger partial charge in [-0.15, -0.1) is 0 Å². The maximum Gasteiger partial charge on any atom is 0.110 e. The van der Waals surface area contributed by atoms with Crippen molar-refractivity contribution in [3.8, 4) is 0 Å². The normalized spacial score (nSPS) is 28.0. The number of hydrogen-bond acceptors (Lipinski definition) is 3. The molecule has 2 bridgehead atoms. The van der Waals surface area contributed by atoms with Crippen molar-refractivity contribution < 1.29 is 4.74 Å². The summed E-state index contributed by atoms with van der Waals surface area (Å²) >= 11 is 0. The van der Waals surface area contributed by atoms with Gasteiger partial charge in [-0.25, -0.2) is 0 Å². The Hall–Kier alpha value is -1.84.